The van der Waals surface area contributed by atoms with Crippen LogP contribution in [0.15, 0.2) is 29.4 Å². The average molecular weight is 336 g/mol. The molecule has 5 nitrogen and oxygen atoms in total. The number of nitrogens with two attached hydrogens (primary N) is 1. The van der Waals surface area contributed by atoms with Crippen LogP contribution in [0.2, 0.25) is 5.02 Å². The van der Waals surface area contributed by atoms with Gasteiger partial charge in [-0.3, -0.25) is 0 Å². The molecule has 2 aromatic rings. The number of nitrogens with zero attached hydrogens (tertiary/aromatic N) is 2. The van der Waals surface area contributed by atoms with Crippen LogP contribution < -0.4 is 5.32 Å². The highest BCUT2D eigenvalue weighted by molar-refractivity contribution is 6.36. The quantitative estimate of drug-likeness (QED) is 0.430. The maximum absolute atomic E-state index is 14.1. The summed E-state index contributed by atoms with van der Waals surface area (Å²) in [7, 11) is 0. The summed E-state index contributed by atoms with van der Waals surface area (Å²) in [6, 6.07) is 6.58. The summed E-state index contributed by atoms with van der Waals surface area (Å²) in [6.07, 6.45) is 2.48. The number of benzene rings is 1. The maximum Gasteiger partial charge on any atom is 0.221 e. The van der Waals surface area contributed by atoms with Crippen LogP contribution in [-0.2, 0) is 6.61 Å². The Morgan fingerprint density at radius 2 is 2.04 bits per heavy atom. The Balaban J connectivity index is 1.97. The summed E-state index contributed by atoms with van der Waals surface area (Å²) in [4.78, 5) is 3.69. The van der Waals surface area contributed by atoms with E-state index in [4.69, 9.17) is 22.2 Å². The minimum absolute atomic E-state index is 0.228. The van der Waals surface area contributed by atoms with E-state index in [1.54, 1.807) is 18.2 Å². The number of hydrogen-bond donors (Lipinski definition) is 3. The van der Waals surface area contributed by atoms with E-state index >= 15 is 0 Å². The third kappa shape index (κ3) is 3.39. The lowest BCUT2D eigenvalue weighted by molar-refractivity contribution is -0.574. The number of nitrogens with one attached hydrogen (secondary N) is 1. The van der Waals surface area contributed by atoms with Crippen molar-refractivity contribution in [3.05, 3.63) is 40.9 Å². The van der Waals surface area contributed by atoms with Crippen molar-refractivity contribution in [3.8, 4) is 11.1 Å². The minimum atomic E-state index is -0.705. The van der Waals surface area contributed by atoms with Crippen LogP contribution in [0.5, 0.6) is 0 Å². The van der Waals surface area contributed by atoms with E-state index in [-0.39, 0.29) is 22.9 Å². The third-order valence-corrected chi connectivity index (χ3v) is 4.37. The molecule has 0 amide bonds. The second-order valence-corrected chi connectivity index (χ2v) is 6.04. The lowest BCUT2D eigenvalue weighted by Gasteiger charge is -2.10. The number of hydrogen-bond acceptors (Lipinski definition) is 4. The van der Waals surface area contributed by atoms with Crippen LogP contribution in [0.3, 0.4) is 0 Å². The van der Waals surface area contributed by atoms with Crippen molar-refractivity contribution in [2.24, 2.45) is 11.0 Å². The summed E-state index contributed by atoms with van der Waals surface area (Å²) in [5.41, 5.74) is 9.44. The zero-order valence-corrected chi connectivity index (χ0v) is 13.1. The van der Waals surface area contributed by atoms with Gasteiger partial charge in [-0.1, -0.05) is 11.6 Å². The van der Waals surface area contributed by atoms with Crippen LogP contribution in [0.4, 0.5) is 15.8 Å². The van der Waals surface area contributed by atoms with Crippen molar-refractivity contribution in [2.75, 3.05) is 6.54 Å². The highest BCUT2D eigenvalue weighted by Gasteiger charge is 2.25. The largest absolute Gasteiger partial charge is 0.390 e. The molecule has 120 valence electrons. The Kier molecular flexibility index (Phi) is 4.66. The fourth-order valence-corrected chi connectivity index (χ4v) is 2.79. The molecule has 0 atom stereocenters. The van der Waals surface area contributed by atoms with Crippen molar-refractivity contribution < 1.29 is 14.8 Å². The summed E-state index contributed by atoms with van der Waals surface area (Å²) in [5.74, 6) is 0.0174. The van der Waals surface area contributed by atoms with Crippen molar-refractivity contribution >= 4 is 23.0 Å². The van der Waals surface area contributed by atoms with E-state index in [9.17, 15) is 4.39 Å². The second-order valence-electron chi connectivity index (χ2n) is 5.66. The summed E-state index contributed by atoms with van der Waals surface area (Å²) in [6.45, 7) is 0.618. The van der Waals surface area contributed by atoms with Gasteiger partial charge < -0.3 is 10.4 Å². The Morgan fingerprint density at radius 3 is 2.65 bits per heavy atom. The fourth-order valence-electron chi connectivity index (χ4n) is 2.47. The lowest BCUT2D eigenvalue weighted by atomic mass is 10.0. The molecule has 1 aliphatic rings. The molecule has 0 spiro atoms. The topological polar surface area (TPSA) is 85.9 Å². The van der Waals surface area contributed by atoms with Crippen molar-refractivity contribution in [3.63, 3.8) is 0 Å². The number of aliphatic hydroxyl groups excluding tert-OH is 1. The Morgan fingerprint density at radius 1 is 1.30 bits per heavy atom. The molecule has 7 heteroatoms. The molecule has 1 heterocycles. The number of pyridine rings is 1. The Bertz CT molecular complexity index is 749. The normalized spacial score (nSPS) is 14.0. The van der Waals surface area contributed by atoms with Crippen molar-refractivity contribution in [2.45, 2.75) is 19.4 Å². The predicted octanol–water partition coefficient (Wildman–Crippen LogP) is 3.30. The smallest absolute Gasteiger partial charge is 0.221 e. The number of rotatable bonds is 6. The summed E-state index contributed by atoms with van der Waals surface area (Å²) < 4.78 is 14.1. The van der Waals surface area contributed by atoms with Gasteiger partial charge in [0.15, 0.2) is 11.4 Å². The molecule has 4 N–H and O–H groups in total. The van der Waals surface area contributed by atoms with Gasteiger partial charge in [-0.2, -0.15) is 9.50 Å². The molecule has 1 aromatic heterocycles. The zero-order valence-electron chi connectivity index (χ0n) is 12.4. The molecule has 23 heavy (non-hydrogen) atoms. The molecular weight excluding hydrogens is 319 g/mol. The third-order valence-electron chi connectivity index (χ3n) is 3.99. The van der Waals surface area contributed by atoms with E-state index in [1.165, 1.54) is 18.9 Å². The molecule has 0 aliphatic heterocycles. The highest BCUT2D eigenvalue weighted by Crippen LogP contribution is 2.39. The molecule has 1 saturated carbocycles. The van der Waals surface area contributed by atoms with Gasteiger partial charge in [0.05, 0.1) is 23.9 Å². The zero-order chi connectivity index (χ0) is 16.4. The first-order chi connectivity index (χ1) is 11.1. The Hall–Kier alpha value is -1.89. The van der Waals surface area contributed by atoms with Crippen LogP contribution in [0, 0.1) is 17.4 Å². The van der Waals surface area contributed by atoms with E-state index in [0.717, 1.165) is 18.2 Å². The molecule has 1 fully saturated rings. The average Bonchev–Trinajstić information content (AvgIpc) is 3.37. The molecule has 0 radical (unpaired) electrons. The van der Waals surface area contributed by atoms with E-state index in [1.807, 2.05) is 5.32 Å². The van der Waals surface area contributed by atoms with Gasteiger partial charge >= 0.3 is 0 Å². The number of halogens is 2. The number of quaternary nitrogens is 1. The molecule has 1 aliphatic carbocycles. The van der Waals surface area contributed by atoms with Crippen molar-refractivity contribution in [1.29, 1.82) is 5.53 Å². The minimum Gasteiger partial charge on any atom is -0.390 e. The summed E-state index contributed by atoms with van der Waals surface area (Å²) >= 11 is 6.35. The van der Waals surface area contributed by atoms with Gasteiger partial charge in [-0.05, 0) is 31.0 Å². The van der Waals surface area contributed by atoms with Gasteiger partial charge in [0.2, 0.25) is 5.95 Å². The molecule has 0 bridgehead atoms. The summed E-state index contributed by atoms with van der Waals surface area (Å²) in [5, 5.41) is 14.8. The lowest BCUT2D eigenvalue weighted by Crippen LogP contribution is -2.78. The monoisotopic (exact) mass is 335 g/mol. The Labute approximate surface area is 138 Å². The van der Waals surface area contributed by atoms with Crippen LogP contribution >= 0.6 is 11.6 Å². The SMILES string of the molecule is N=Nc1c([NH2+]CC2CC2)ccc(-c2ccc(CO)nc2F)c1Cl. The molecule has 3 rings (SSSR count). The number of aromatic nitrogens is 1. The second kappa shape index (κ2) is 6.70. The van der Waals surface area contributed by atoms with Crippen LogP contribution in [-0.4, -0.2) is 16.6 Å². The van der Waals surface area contributed by atoms with Crippen molar-refractivity contribution in [1.82, 2.24) is 4.98 Å². The van der Waals surface area contributed by atoms with E-state index in [2.05, 4.69) is 10.1 Å². The van der Waals surface area contributed by atoms with Gasteiger partial charge in [-0.15, -0.1) is 0 Å². The highest BCUT2D eigenvalue weighted by atomic mass is 35.5. The molecular formula is C16H17ClFN4O+. The van der Waals surface area contributed by atoms with Gasteiger partial charge in [0, 0.05) is 23.1 Å². The van der Waals surface area contributed by atoms with E-state index < -0.39 is 5.95 Å². The van der Waals surface area contributed by atoms with Gasteiger partial charge in [0.25, 0.3) is 0 Å². The number of aliphatic hydroxyl groups is 1. The van der Waals surface area contributed by atoms with Crippen LogP contribution in [0.1, 0.15) is 18.5 Å². The molecule has 1 aromatic carbocycles. The first kappa shape index (κ1) is 16.0. The van der Waals surface area contributed by atoms with Gasteiger partial charge in [-0.25, -0.2) is 10.5 Å². The first-order valence-corrected chi connectivity index (χ1v) is 7.81. The van der Waals surface area contributed by atoms with E-state index in [0.29, 0.717) is 11.3 Å². The van der Waals surface area contributed by atoms with Gasteiger partial charge in [0.1, 0.15) is 0 Å². The molecule has 0 saturated heterocycles. The molecule has 0 unspecified atom stereocenters. The standard InChI is InChI=1S/C16H16ClFN4O/c17-14-11(12-4-3-10(8-23)21-16(12)18)5-6-13(15(14)22-19)20-7-9-1-2-9/h3-6,9,19-20,23H,1-2,7-8H2/p+1. The maximum atomic E-state index is 14.1. The predicted molar refractivity (Wildman–Crippen MR) is 84.5 cm³/mol. The fraction of sp³-hybridized carbons (Fsp3) is 0.312. The first-order valence-electron chi connectivity index (χ1n) is 7.44. The van der Waals surface area contributed by atoms with Crippen LogP contribution in [0.25, 0.3) is 11.1 Å².